The van der Waals surface area contributed by atoms with Gasteiger partial charge in [-0.15, -0.1) is 24.0 Å². The summed E-state index contributed by atoms with van der Waals surface area (Å²) in [6, 6.07) is 0.273. The van der Waals surface area contributed by atoms with Crippen LogP contribution in [-0.4, -0.2) is 75.4 Å². The van der Waals surface area contributed by atoms with Gasteiger partial charge in [-0.3, -0.25) is 4.79 Å². The molecular weight excluding hydrogens is 471 g/mol. The Morgan fingerprint density at radius 3 is 2.68 bits per heavy atom. The lowest BCUT2D eigenvalue weighted by atomic mass is 9.64. The minimum Gasteiger partial charge on any atom is -0.378 e. The minimum absolute atomic E-state index is 0. The van der Waals surface area contributed by atoms with Crippen molar-refractivity contribution in [2.24, 2.45) is 10.4 Å². The molecule has 3 atom stereocenters. The molecule has 2 aliphatic rings. The molecular formula is C20H39IN4O3. The Bertz CT molecular complexity index is 508. The Kier molecular flexibility index (Phi) is 11.1. The molecule has 7 nitrogen and oxygen atoms in total. The quantitative estimate of drug-likeness (QED) is 0.216. The first kappa shape index (κ1) is 25.4. The molecule has 0 aromatic carbocycles. The number of amides is 1. The molecule has 3 unspecified atom stereocenters. The Morgan fingerprint density at radius 1 is 1.36 bits per heavy atom. The zero-order chi connectivity index (χ0) is 19.9. The molecule has 2 fully saturated rings. The predicted molar refractivity (Wildman–Crippen MR) is 123 cm³/mol. The number of nitrogens with one attached hydrogen (secondary N) is 2. The van der Waals surface area contributed by atoms with Crippen LogP contribution in [0, 0.1) is 5.41 Å². The lowest BCUT2D eigenvalue weighted by Gasteiger charge is -2.52. The zero-order valence-corrected chi connectivity index (χ0v) is 20.5. The van der Waals surface area contributed by atoms with Gasteiger partial charge in [0.2, 0.25) is 5.91 Å². The summed E-state index contributed by atoms with van der Waals surface area (Å²) in [6.45, 7) is 9.14. The summed E-state index contributed by atoms with van der Waals surface area (Å²) in [5.41, 5.74) is 0.0333. The van der Waals surface area contributed by atoms with E-state index in [4.69, 9.17) is 9.47 Å². The molecule has 0 aromatic rings. The third-order valence-electron chi connectivity index (χ3n) is 5.70. The number of ether oxygens (including phenoxy) is 2. The molecule has 0 aromatic heterocycles. The largest absolute Gasteiger partial charge is 0.378 e. The summed E-state index contributed by atoms with van der Waals surface area (Å²) >= 11 is 0. The maximum absolute atomic E-state index is 11.9. The van der Waals surface area contributed by atoms with Gasteiger partial charge in [0.25, 0.3) is 0 Å². The second kappa shape index (κ2) is 12.2. The second-order valence-corrected chi connectivity index (χ2v) is 8.44. The normalized spacial score (nSPS) is 26.2. The summed E-state index contributed by atoms with van der Waals surface area (Å²) in [6.07, 6.45) is 5.88. The summed E-state index contributed by atoms with van der Waals surface area (Å²) < 4.78 is 11.7. The highest BCUT2D eigenvalue weighted by Gasteiger charge is 2.49. The van der Waals surface area contributed by atoms with Gasteiger partial charge in [0.1, 0.15) is 6.54 Å². The van der Waals surface area contributed by atoms with E-state index in [1.807, 2.05) is 0 Å². The first-order valence-electron chi connectivity index (χ1n) is 10.3. The first-order chi connectivity index (χ1) is 12.8. The van der Waals surface area contributed by atoms with Crippen LogP contribution in [-0.2, 0) is 14.3 Å². The van der Waals surface area contributed by atoms with E-state index in [2.05, 4.69) is 36.4 Å². The van der Waals surface area contributed by atoms with Gasteiger partial charge < -0.3 is 25.0 Å². The number of carbonyl (C=O) groups excluding carboxylic acids is 1. The maximum Gasteiger partial charge on any atom is 0.243 e. The van der Waals surface area contributed by atoms with Crippen molar-refractivity contribution in [1.82, 2.24) is 15.5 Å². The lowest BCUT2D eigenvalue weighted by Crippen LogP contribution is -2.63. The number of unbranched alkanes of at least 4 members (excludes halogenated alkanes) is 1. The maximum atomic E-state index is 11.9. The van der Waals surface area contributed by atoms with Crippen molar-refractivity contribution < 1.29 is 14.3 Å². The molecule has 8 heteroatoms. The molecule has 0 radical (unpaired) electrons. The number of carbonyl (C=O) groups is 1. The van der Waals surface area contributed by atoms with E-state index in [-0.39, 0.29) is 60.1 Å². The fourth-order valence-corrected chi connectivity index (χ4v) is 3.40. The summed E-state index contributed by atoms with van der Waals surface area (Å²) in [5.74, 6) is 0.674. The lowest BCUT2D eigenvalue weighted by molar-refractivity contribution is -0.127. The average molecular weight is 510 g/mol. The van der Waals surface area contributed by atoms with Gasteiger partial charge in [-0.25, -0.2) is 4.99 Å². The Balaban J connectivity index is 0.00000392. The van der Waals surface area contributed by atoms with Crippen LogP contribution in [0.25, 0.3) is 0 Å². The second-order valence-electron chi connectivity index (χ2n) is 8.44. The average Bonchev–Trinajstić information content (AvgIpc) is 3.15. The van der Waals surface area contributed by atoms with Crippen molar-refractivity contribution in [1.29, 1.82) is 0 Å². The third-order valence-corrected chi connectivity index (χ3v) is 5.70. The van der Waals surface area contributed by atoms with E-state index in [1.54, 1.807) is 19.0 Å². The number of guanidine groups is 1. The molecule has 1 aliphatic heterocycles. The highest BCUT2D eigenvalue weighted by Crippen LogP contribution is 2.42. The van der Waals surface area contributed by atoms with E-state index in [1.165, 1.54) is 0 Å². The number of nitrogens with zero attached hydrogens (tertiary/aromatic N) is 2. The zero-order valence-electron chi connectivity index (χ0n) is 18.1. The van der Waals surface area contributed by atoms with E-state index >= 15 is 0 Å². The molecule has 1 heterocycles. The predicted octanol–water partition coefficient (Wildman–Crippen LogP) is 2.39. The summed E-state index contributed by atoms with van der Waals surface area (Å²) in [7, 11) is 3.50. The molecule has 0 spiro atoms. The molecule has 2 rings (SSSR count). The first-order valence-corrected chi connectivity index (χ1v) is 10.3. The summed E-state index contributed by atoms with van der Waals surface area (Å²) in [5, 5.41) is 6.88. The highest BCUT2D eigenvalue weighted by atomic mass is 127. The van der Waals surface area contributed by atoms with Crippen LogP contribution in [0.3, 0.4) is 0 Å². The van der Waals surface area contributed by atoms with Crippen LogP contribution in [0.5, 0.6) is 0 Å². The van der Waals surface area contributed by atoms with Crippen molar-refractivity contribution in [2.45, 2.75) is 71.1 Å². The fourth-order valence-electron chi connectivity index (χ4n) is 3.40. The standard InChI is InChI=1S/C20H38N4O3.HI/c1-6-7-10-27-17-12-16(20(17,2)3)23-19(22-14-18(25)24(4)5)21-13-15-9-8-11-26-15;/h15-17H,6-14H2,1-5H3,(H2,21,22,23);1H. The fraction of sp³-hybridized carbons (Fsp3) is 0.900. The van der Waals surface area contributed by atoms with Crippen LogP contribution >= 0.6 is 24.0 Å². The van der Waals surface area contributed by atoms with Crippen LogP contribution in [0.15, 0.2) is 4.99 Å². The topological polar surface area (TPSA) is 75.2 Å². The number of halogens is 1. The van der Waals surface area contributed by atoms with Crippen LogP contribution in [0.1, 0.15) is 52.9 Å². The van der Waals surface area contributed by atoms with Crippen molar-refractivity contribution >= 4 is 35.8 Å². The Hall–Kier alpha value is -0.610. The number of aliphatic imine (C=N–C) groups is 1. The van der Waals surface area contributed by atoms with E-state index < -0.39 is 0 Å². The Labute approximate surface area is 187 Å². The van der Waals surface area contributed by atoms with Crippen LogP contribution < -0.4 is 10.6 Å². The SMILES string of the molecule is CCCCOC1CC(NC(=NCC(=O)N(C)C)NCC2CCCO2)C1(C)C.I. The van der Waals surface area contributed by atoms with Crippen molar-refractivity contribution in [3.8, 4) is 0 Å². The van der Waals surface area contributed by atoms with Gasteiger partial charge >= 0.3 is 0 Å². The van der Waals surface area contributed by atoms with Gasteiger partial charge in [-0.2, -0.15) is 0 Å². The Morgan fingerprint density at radius 2 is 2.11 bits per heavy atom. The van der Waals surface area contributed by atoms with Crippen LogP contribution in [0.4, 0.5) is 0 Å². The molecule has 1 saturated carbocycles. The molecule has 1 aliphatic carbocycles. The monoisotopic (exact) mass is 510 g/mol. The molecule has 0 bridgehead atoms. The van der Waals surface area contributed by atoms with Crippen molar-refractivity contribution in [2.75, 3.05) is 40.4 Å². The molecule has 28 heavy (non-hydrogen) atoms. The smallest absolute Gasteiger partial charge is 0.243 e. The van der Waals surface area contributed by atoms with Crippen molar-refractivity contribution in [3.05, 3.63) is 0 Å². The third kappa shape index (κ3) is 7.33. The van der Waals surface area contributed by atoms with E-state index in [0.29, 0.717) is 12.5 Å². The van der Waals surface area contributed by atoms with Crippen molar-refractivity contribution in [3.63, 3.8) is 0 Å². The van der Waals surface area contributed by atoms with Gasteiger partial charge in [0.15, 0.2) is 5.96 Å². The minimum atomic E-state index is -0.0122. The molecule has 1 amide bonds. The number of hydrogen-bond donors (Lipinski definition) is 2. The van der Waals surface area contributed by atoms with Gasteiger partial charge in [0, 0.05) is 45.3 Å². The highest BCUT2D eigenvalue weighted by molar-refractivity contribution is 14.0. The molecule has 1 saturated heterocycles. The number of hydrogen-bond acceptors (Lipinski definition) is 4. The van der Waals surface area contributed by atoms with Gasteiger partial charge in [-0.1, -0.05) is 27.2 Å². The van der Waals surface area contributed by atoms with Crippen LogP contribution in [0.2, 0.25) is 0 Å². The van der Waals surface area contributed by atoms with Gasteiger partial charge in [-0.05, 0) is 25.7 Å². The van der Waals surface area contributed by atoms with E-state index in [9.17, 15) is 4.79 Å². The van der Waals surface area contributed by atoms with Gasteiger partial charge in [0.05, 0.1) is 12.2 Å². The summed E-state index contributed by atoms with van der Waals surface area (Å²) in [4.78, 5) is 18.0. The molecule has 2 N–H and O–H groups in total. The molecule has 164 valence electrons. The number of likely N-dealkylation sites (N-methyl/N-ethyl adjacent to an activating group) is 1. The van der Waals surface area contributed by atoms with E-state index in [0.717, 1.165) is 45.3 Å². The number of rotatable bonds is 9.